The van der Waals surface area contributed by atoms with Crippen molar-refractivity contribution in [1.29, 1.82) is 0 Å². The van der Waals surface area contributed by atoms with Crippen molar-refractivity contribution < 1.29 is 9.32 Å². The highest BCUT2D eigenvalue weighted by molar-refractivity contribution is 5.94. The van der Waals surface area contributed by atoms with Gasteiger partial charge < -0.3 is 20.1 Å². The Bertz CT molecular complexity index is 724. The Kier molecular flexibility index (Phi) is 5.47. The zero-order valence-corrected chi connectivity index (χ0v) is 14.7. The number of carbonyl (C=O) groups is 1. The minimum atomic E-state index is -0.187. The molecule has 1 aliphatic rings. The molecular formula is C17H24N6O2. The number of carbonyl (C=O) groups excluding carboxylic acids is 1. The molecule has 0 unspecified atom stereocenters. The molecule has 1 fully saturated rings. The van der Waals surface area contributed by atoms with Crippen LogP contribution in [-0.4, -0.2) is 47.2 Å². The number of anilines is 2. The molecule has 8 nitrogen and oxygen atoms in total. The van der Waals surface area contributed by atoms with Crippen LogP contribution in [0.15, 0.2) is 16.8 Å². The second kappa shape index (κ2) is 7.96. The second-order valence-corrected chi connectivity index (χ2v) is 6.18. The summed E-state index contributed by atoms with van der Waals surface area (Å²) in [5, 5.41) is 9.69. The lowest BCUT2D eigenvalue weighted by Crippen LogP contribution is -2.31. The van der Waals surface area contributed by atoms with Gasteiger partial charge in [-0.2, -0.15) is 0 Å². The number of hydrogen-bond donors (Lipinski definition) is 2. The van der Waals surface area contributed by atoms with Crippen LogP contribution < -0.4 is 15.5 Å². The van der Waals surface area contributed by atoms with Crippen LogP contribution in [-0.2, 0) is 0 Å². The molecule has 0 atom stereocenters. The van der Waals surface area contributed by atoms with E-state index in [-0.39, 0.29) is 5.91 Å². The fraction of sp³-hybridized carbons (Fsp3) is 0.529. The van der Waals surface area contributed by atoms with E-state index < -0.39 is 0 Å². The van der Waals surface area contributed by atoms with Crippen molar-refractivity contribution >= 4 is 17.5 Å². The minimum absolute atomic E-state index is 0.187. The fourth-order valence-electron chi connectivity index (χ4n) is 2.91. The van der Waals surface area contributed by atoms with Gasteiger partial charge in [0, 0.05) is 32.2 Å². The summed E-state index contributed by atoms with van der Waals surface area (Å²) in [5.41, 5.74) is 0.463. The van der Waals surface area contributed by atoms with Crippen LogP contribution in [0.2, 0.25) is 0 Å². The van der Waals surface area contributed by atoms with E-state index in [1.165, 1.54) is 25.5 Å². The van der Waals surface area contributed by atoms with Crippen LogP contribution in [0.4, 0.5) is 11.6 Å². The highest BCUT2D eigenvalue weighted by atomic mass is 16.5. The molecule has 1 amide bonds. The normalized spacial score (nSPS) is 14.4. The molecule has 1 aliphatic heterocycles. The maximum Gasteiger partial charge on any atom is 0.256 e. The molecule has 8 heteroatoms. The monoisotopic (exact) mass is 344 g/mol. The maximum atomic E-state index is 12.0. The van der Waals surface area contributed by atoms with E-state index in [2.05, 4.69) is 30.7 Å². The molecule has 0 bridgehead atoms. The zero-order valence-electron chi connectivity index (χ0n) is 14.7. The zero-order chi connectivity index (χ0) is 17.6. The van der Waals surface area contributed by atoms with Crippen LogP contribution in [0.3, 0.4) is 0 Å². The Hall–Kier alpha value is -2.64. The predicted molar refractivity (Wildman–Crippen MR) is 94.9 cm³/mol. The topological polar surface area (TPSA) is 96.2 Å². The lowest BCUT2D eigenvalue weighted by atomic mass is 10.1. The van der Waals surface area contributed by atoms with Crippen LogP contribution in [0.1, 0.15) is 41.2 Å². The van der Waals surface area contributed by atoms with Gasteiger partial charge in [-0.3, -0.25) is 4.79 Å². The SMILES string of the molecule is Cc1nc(NCCNC(=O)c2cnoc2C)cc(N2CCCCC2)n1. The first-order valence-electron chi connectivity index (χ1n) is 8.67. The summed E-state index contributed by atoms with van der Waals surface area (Å²) in [6, 6.07) is 1.98. The lowest BCUT2D eigenvalue weighted by molar-refractivity contribution is 0.0953. The molecule has 0 aromatic carbocycles. The van der Waals surface area contributed by atoms with E-state index in [4.69, 9.17) is 4.52 Å². The first kappa shape index (κ1) is 17.2. The highest BCUT2D eigenvalue weighted by Gasteiger charge is 2.14. The second-order valence-electron chi connectivity index (χ2n) is 6.18. The van der Waals surface area contributed by atoms with Gasteiger partial charge in [0.1, 0.15) is 28.8 Å². The average Bonchev–Trinajstić information content (AvgIpc) is 3.05. The number of piperidine rings is 1. The Balaban J connectivity index is 1.52. The van der Waals surface area contributed by atoms with Gasteiger partial charge in [0.15, 0.2) is 0 Å². The van der Waals surface area contributed by atoms with Crippen LogP contribution in [0.5, 0.6) is 0 Å². The third kappa shape index (κ3) is 4.46. The van der Waals surface area contributed by atoms with E-state index >= 15 is 0 Å². The summed E-state index contributed by atoms with van der Waals surface area (Å²) in [6.45, 7) is 6.76. The number of aryl methyl sites for hydroxylation is 2. The van der Waals surface area contributed by atoms with Gasteiger partial charge in [0.25, 0.3) is 5.91 Å². The Morgan fingerprint density at radius 3 is 2.72 bits per heavy atom. The van der Waals surface area contributed by atoms with Gasteiger partial charge in [-0.25, -0.2) is 9.97 Å². The summed E-state index contributed by atoms with van der Waals surface area (Å²) in [4.78, 5) is 23.3. The van der Waals surface area contributed by atoms with Crippen molar-refractivity contribution in [2.45, 2.75) is 33.1 Å². The summed E-state index contributed by atoms with van der Waals surface area (Å²) in [6.07, 6.45) is 5.13. The third-order valence-electron chi connectivity index (χ3n) is 4.22. The minimum Gasteiger partial charge on any atom is -0.368 e. The molecule has 2 aromatic rings. The number of nitrogens with zero attached hydrogens (tertiary/aromatic N) is 4. The molecule has 3 rings (SSSR count). The lowest BCUT2D eigenvalue weighted by Gasteiger charge is -2.28. The first-order valence-corrected chi connectivity index (χ1v) is 8.67. The van der Waals surface area contributed by atoms with Gasteiger partial charge in [-0.1, -0.05) is 5.16 Å². The van der Waals surface area contributed by atoms with Crippen LogP contribution in [0, 0.1) is 13.8 Å². The van der Waals surface area contributed by atoms with Crippen molar-refractivity contribution in [2.24, 2.45) is 0 Å². The smallest absolute Gasteiger partial charge is 0.256 e. The number of rotatable bonds is 6. The molecular weight excluding hydrogens is 320 g/mol. The molecule has 0 saturated carbocycles. The Labute approximate surface area is 147 Å². The quantitative estimate of drug-likeness (QED) is 0.773. The number of aromatic nitrogens is 3. The van der Waals surface area contributed by atoms with Crippen molar-refractivity contribution in [3.05, 3.63) is 29.4 Å². The molecule has 2 N–H and O–H groups in total. The summed E-state index contributed by atoms with van der Waals surface area (Å²) in [7, 11) is 0. The Morgan fingerprint density at radius 2 is 2.00 bits per heavy atom. The molecule has 0 aliphatic carbocycles. The van der Waals surface area contributed by atoms with E-state index in [0.717, 1.165) is 30.5 Å². The van der Waals surface area contributed by atoms with Gasteiger partial charge in [0.05, 0.1) is 6.20 Å². The van der Waals surface area contributed by atoms with Crippen LogP contribution >= 0.6 is 0 Å². The van der Waals surface area contributed by atoms with Crippen molar-refractivity contribution in [2.75, 3.05) is 36.4 Å². The third-order valence-corrected chi connectivity index (χ3v) is 4.22. The average molecular weight is 344 g/mol. The molecule has 134 valence electrons. The van der Waals surface area contributed by atoms with Crippen molar-refractivity contribution in [3.63, 3.8) is 0 Å². The molecule has 2 aromatic heterocycles. The van der Waals surface area contributed by atoms with Crippen LogP contribution in [0.25, 0.3) is 0 Å². The molecule has 3 heterocycles. The summed E-state index contributed by atoms with van der Waals surface area (Å²) >= 11 is 0. The largest absolute Gasteiger partial charge is 0.368 e. The maximum absolute atomic E-state index is 12.0. The molecule has 0 radical (unpaired) electrons. The van der Waals surface area contributed by atoms with Gasteiger partial charge in [-0.05, 0) is 33.1 Å². The number of nitrogens with one attached hydrogen (secondary N) is 2. The summed E-state index contributed by atoms with van der Waals surface area (Å²) < 4.78 is 4.90. The number of amides is 1. The van der Waals surface area contributed by atoms with Crippen molar-refractivity contribution in [3.8, 4) is 0 Å². The molecule has 0 spiro atoms. The predicted octanol–water partition coefficient (Wildman–Crippen LogP) is 1.91. The first-order chi connectivity index (χ1) is 12.1. The van der Waals surface area contributed by atoms with Gasteiger partial charge in [0.2, 0.25) is 0 Å². The van der Waals surface area contributed by atoms with E-state index in [9.17, 15) is 4.79 Å². The molecule has 1 saturated heterocycles. The standard InChI is InChI=1S/C17H24N6O2/c1-12-14(11-20-25-12)17(24)19-7-6-18-15-10-16(22-13(2)21-15)23-8-4-3-5-9-23/h10-11H,3-9H2,1-2H3,(H,19,24)(H,18,21,22). The van der Waals surface area contributed by atoms with Gasteiger partial charge >= 0.3 is 0 Å². The number of hydrogen-bond acceptors (Lipinski definition) is 7. The molecule has 25 heavy (non-hydrogen) atoms. The van der Waals surface area contributed by atoms with Gasteiger partial charge in [-0.15, -0.1) is 0 Å². The fourth-order valence-corrected chi connectivity index (χ4v) is 2.91. The van der Waals surface area contributed by atoms with Crippen molar-refractivity contribution in [1.82, 2.24) is 20.4 Å². The van der Waals surface area contributed by atoms with E-state index in [0.29, 0.717) is 24.4 Å². The van der Waals surface area contributed by atoms with E-state index in [1.807, 2.05) is 13.0 Å². The summed E-state index contributed by atoms with van der Waals surface area (Å²) in [5.74, 6) is 2.83. The van der Waals surface area contributed by atoms with E-state index in [1.54, 1.807) is 6.92 Å². The highest BCUT2D eigenvalue weighted by Crippen LogP contribution is 2.20. The Morgan fingerprint density at radius 1 is 1.20 bits per heavy atom.